The number of ketones is 1. The normalized spacial score (nSPS) is 17.5. The van der Waals surface area contributed by atoms with Gasteiger partial charge in [0, 0.05) is 24.5 Å². The van der Waals surface area contributed by atoms with Crippen LogP contribution in [0.15, 0.2) is 66.2 Å². The molecule has 1 amide bonds. The fourth-order valence-electron chi connectivity index (χ4n) is 3.08. The first-order valence-corrected chi connectivity index (χ1v) is 8.25. The number of Topliss-reactive ketones (excluding diaryl/α,β-unsaturated/α-hetero) is 1. The molecule has 0 saturated heterocycles. The number of aromatic nitrogens is 1. The van der Waals surface area contributed by atoms with Gasteiger partial charge in [-0.3, -0.25) is 19.5 Å². The zero-order chi connectivity index (χ0) is 18.0. The second-order valence-corrected chi connectivity index (χ2v) is 6.48. The molecule has 25 heavy (non-hydrogen) atoms. The Bertz CT molecular complexity index is 813. The summed E-state index contributed by atoms with van der Waals surface area (Å²) < 4.78 is 0. The van der Waals surface area contributed by atoms with Gasteiger partial charge in [0.1, 0.15) is 0 Å². The SMILES string of the molecule is CC(C)CC(=O)C1=C(O)C(=O)N(c2ccccc2)C1c1cccnc1. The molecule has 0 aliphatic carbocycles. The first kappa shape index (κ1) is 16.9. The molecule has 0 radical (unpaired) electrons. The minimum absolute atomic E-state index is 0.128. The highest BCUT2D eigenvalue weighted by Gasteiger charge is 2.44. The Morgan fingerprint density at radius 3 is 2.52 bits per heavy atom. The predicted octanol–water partition coefficient (Wildman–Crippen LogP) is 3.60. The average molecular weight is 336 g/mol. The number of carbonyl (C=O) groups is 2. The van der Waals surface area contributed by atoms with Crippen LogP contribution in [0.3, 0.4) is 0 Å². The van der Waals surface area contributed by atoms with Crippen LogP contribution in [0, 0.1) is 5.92 Å². The number of aliphatic hydroxyl groups is 1. The molecule has 0 bridgehead atoms. The van der Waals surface area contributed by atoms with E-state index in [-0.39, 0.29) is 23.7 Å². The average Bonchev–Trinajstić information content (AvgIpc) is 2.87. The fraction of sp³-hybridized carbons (Fsp3) is 0.250. The largest absolute Gasteiger partial charge is 0.503 e. The van der Waals surface area contributed by atoms with Crippen LogP contribution in [0.25, 0.3) is 0 Å². The predicted molar refractivity (Wildman–Crippen MR) is 95.0 cm³/mol. The van der Waals surface area contributed by atoms with Gasteiger partial charge in [-0.1, -0.05) is 38.1 Å². The lowest BCUT2D eigenvalue weighted by Gasteiger charge is -2.26. The first-order chi connectivity index (χ1) is 12.0. The Labute approximate surface area is 146 Å². The van der Waals surface area contributed by atoms with Crippen LogP contribution in [0.2, 0.25) is 0 Å². The third-order valence-corrected chi connectivity index (χ3v) is 4.14. The summed E-state index contributed by atoms with van der Waals surface area (Å²) in [7, 11) is 0. The van der Waals surface area contributed by atoms with Gasteiger partial charge >= 0.3 is 0 Å². The van der Waals surface area contributed by atoms with E-state index >= 15 is 0 Å². The monoisotopic (exact) mass is 336 g/mol. The van der Waals surface area contributed by atoms with Gasteiger partial charge in [-0.25, -0.2) is 0 Å². The zero-order valence-electron chi connectivity index (χ0n) is 14.2. The maximum absolute atomic E-state index is 12.8. The molecule has 1 aromatic carbocycles. The van der Waals surface area contributed by atoms with Crippen LogP contribution in [0.1, 0.15) is 31.9 Å². The number of carbonyl (C=O) groups excluding carboxylic acids is 2. The minimum Gasteiger partial charge on any atom is -0.503 e. The molecule has 1 unspecified atom stereocenters. The molecule has 1 atom stereocenters. The van der Waals surface area contributed by atoms with Gasteiger partial charge in [0.2, 0.25) is 0 Å². The van der Waals surface area contributed by atoms with Gasteiger partial charge in [-0.05, 0) is 29.7 Å². The quantitative estimate of drug-likeness (QED) is 0.906. The van der Waals surface area contributed by atoms with Crippen molar-refractivity contribution in [2.24, 2.45) is 5.92 Å². The number of hydrogen-bond acceptors (Lipinski definition) is 4. The highest BCUT2D eigenvalue weighted by molar-refractivity contribution is 6.16. The van der Waals surface area contributed by atoms with E-state index in [0.717, 1.165) is 0 Å². The summed E-state index contributed by atoms with van der Waals surface area (Å²) in [6, 6.07) is 11.9. The number of hydrogen-bond donors (Lipinski definition) is 1. The van der Waals surface area contributed by atoms with E-state index in [1.165, 1.54) is 4.90 Å². The maximum Gasteiger partial charge on any atom is 0.294 e. The second kappa shape index (κ2) is 6.89. The van der Waals surface area contributed by atoms with Crippen LogP contribution < -0.4 is 4.90 Å². The van der Waals surface area contributed by atoms with Gasteiger partial charge in [0.25, 0.3) is 5.91 Å². The summed E-state index contributed by atoms with van der Waals surface area (Å²) in [4.78, 5) is 31.1. The van der Waals surface area contributed by atoms with E-state index in [2.05, 4.69) is 4.98 Å². The molecule has 1 N–H and O–H groups in total. The molecule has 5 nitrogen and oxygen atoms in total. The lowest BCUT2D eigenvalue weighted by atomic mass is 9.93. The third-order valence-electron chi connectivity index (χ3n) is 4.14. The van der Waals surface area contributed by atoms with Crippen molar-refractivity contribution in [2.75, 3.05) is 4.90 Å². The maximum atomic E-state index is 12.8. The number of benzene rings is 1. The molecule has 0 fully saturated rings. The number of anilines is 1. The van der Waals surface area contributed by atoms with Crippen LogP contribution in [-0.4, -0.2) is 21.8 Å². The fourth-order valence-corrected chi connectivity index (χ4v) is 3.08. The summed E-state index contributed by atoms with van der Waals surface area (Å²) >= 11 is 0. The first-order valence-electron chi connectivity index (χ1n) is 8.25. The number of amides is 1. The number of para-hydroxylation sites is 1. The summed E-state index contributed by atoms with van der Waals surface area (Å²) in [5, 5.41) is 10.5. The molecule has 1 aromatic heterocycles. The Hall–Kier alpha value is -2.95. The van der Waals surface area contributed by atoms with Crippen molar-refractivity contribution in [1.82, 2.24) is 4.98 Å². The van der Waals surface area contributed by atoms with Gasteiger partial charge in [0.15, 0.2) is 11.5 Å². The number of pyridine rings is 1. The number of rotatable bonds is 5. The molecular formula is C20H20N2O3. The molecule has 0 spiro atoms. The summed E-state index contributed by atoms with van der Waals surface area (Å²) in [6.07, 6.45) is 3.52. The van der Waals surface area contributed by atoms with Crippen LogP contribution in [0.5, 0.6) is 0 Å². The van der Waals surface area contributed by atoms with Crippen LogP contribution in [-0.2, 0) is 9.59 Å². The molecule has 128 valence electrons. The second-order valence-electron chi connectivity index (χ2n) is 6.48. The molecule has 2 heterocycles. The van der Waals surface area contributed by atoms with E-state index in [0.29, 0.717) is 11.3 Å². The standard InChI is InChI=1S/C20H20N2O3/c1-13(2)11-16(23)17-18(14-7-6-10-21-12-14)22(20(25)19(17)24)15-8-4-3-5-9-15/h3-10,12-13,18,24H,11H2,1-2H3. The lowest BCUT2D eigenvalue weighted by molar-refractivity contribution is -0.118. The van der Waals surface area contributed by atoms with E-state index in [4.69, 9.17) is 0 Å². The van der Waals surface area contributed by atoms with E-state index < -0.39 is 17.7 Å². The van der Waals surface area contributed by atoms with E-state index in [1.807, 2.05) is 38.1 Å². The Morgan fingerprint density at radius 1 is 1.20 bits per heavy atom. The Morgan fingerprint density at radius 2 is 1.92 bits per heavy atom. The van der Waals surface area contributed by atoms with Crippen molar-refractivity contribution < 1.29 is 14.7 Å². The smallest absolute Gasteiger partial charge is 0.294 e. The van der Waals surface area contributed by atoms with Crippen molar-refractivity contribution in [3.05, 3.63) is 71.8 Å². The molecule has 0 saturated carbocycles. The van der Waals surface area contributed by atoms with Crippen molar-refractivity contribution >= 4 is 17.4 Å². The van der Waals surface area contributed by atoms with Crippen molar-refractivity contribution in [2.45, 2.75) is 26.3 Å². The van der Waals surface area contributed by atoms with Gasteiger partial charge < -0.3 is 5.11 Å². The van der Waals surface area contributed by atoms with Gasteiger partial charge in [0.05, 0.1) is 11.6 Å². The summed E-state index contributed by atoms with van der Waals surface area (Å²) in [6.45, 7) is 3.86. The Balaban J connectivity index is 2.12. The summed E-state index contributed by atoms with van der Waals surface area (Å²) in [5.41, 5.74) is 1.46. The number of aliphatic hydroxyl groups excluding tert-OH is 1. The molecular weight excluding hydrogens is 316 g/mol. The van der Waals surface area contributed by atoms with E-state index in [1.54, 1.807) is 30.6 Å². The lowest BCUT2D eigenvalue weighted by Crippen LogP contribution is -2.31. The van der Waals surface area contributed by atoms with Gasteiger partial charge in [-0.2, -0.15) is 0 Å². The van der Waals surface area contributed by atoms with Crippen LogP contribution >= 0.6 is 0 Å². The molecule has 5 heteroatoms. The van der Waals surface area contributed by atoms with Crippen molar-refractivity contribution in [1.29, 1.82) is 0 Å². The van der Waals surface area contributed by atoms with Crippen LogP contribution in [0.4, 0.5) is 5.69 Å². The molecule has 1 aliphatic heterocycles. The highest BCUT2D eigenvalue weighted by atomic mass is 16.3. The minimum atomic E-state index is -0.671. The highest BCUT2D eigenvalue weighted by Crippen LogP contribution is 2.41. The third kappa shape index (κ3) is 3.18. The number of nitrogens with zero attached hydrogens (tertiary/aromatic N) is 2. The van der Waals surface area contributed by atoms with Gasteiger partial charge in [-0.15, -0.1) is 0 Å². The zero-order valence-corrected chi connectivity index (χ0v) is 14.2. The van der Waals surface area contributed by atoms with Crippen molar-refractivity contribution in [3.8, 4) is 0 Å². The molecule has 2 aromatic rings. The molecule has 1 aliphatic rings. The summed E-state index contributed by atoms with van der Waals surface area (Å²) in [5.74, 6) is -1.12. The topological polar surface area (TPSA) is 70.5 Å². The Kier molecular flexibility index (Phi) is 4.65. The molecule has 3 rings (SSSR count). The van der Waals surface area contributed by atoms with Crippen molar-refractivity contribution in [3.63, 3.8) is 0 Å². The van der Waals surface area contributed by atoms with E-state index in [9.17, 15) is 14.7 Å².